The van der Waals surface area contributed by atoms with E-state index in [4.69, 9.17) is 9.47 Å². The number of alkyl halides is 2. The fourth-order valence-electron chi connectivity index (χ4n) is 3.34. The van der Waals surface area contributed by atoms with Crippen LogP contribution in [0.2, 0.25) is 0 Å². The first kappa shape index (κ1) is 21.5. The Morgan fingerprint density at radius 1 is 0.867 bits per heavy atom. The van der Waals surface area contributed by atoms with Crippen LogP contribution in [0.25, 0.3) is 0 Å². The van der Waals surface area contributed by atoms with Gasteiger partial charge in [-0.1, -0.05) is 60.7 Å². The topological polar surface area (TPSA) is 76.7 Å². The number of nitrogens with one attached hydrogen (secondary N) is 2. The molecule has 0 heterocycles. The first-order valence-corrected chi connectivity index (χ1v) is 9.76. The third kappa shape index (κ3) is 6.17. The van der Waals surface area contributed by atoms with Gasteiger partial charge in [0.1, 0.15) is 19.3 Å². The molecule has 3 rings (SSSR count). The van der Waals surface area contributed by atoms with Gasteiger partial charge in [0, 0.05) is 6.42 Å². The minimum absolute atomic E-state index is 0.0208. The molecule has 2 atom stereocenters. The number of carbonyl (C=O) groups is 2. The highest BCUT2D eigenvalue weighted by Gasteiger charge is 2.48. The van der Waals surface area contributed by atoms with E-state index in [2.05, 4.69) is 10.6 Å². The second-order valence-corrected chi connectivity index (χ2v) is 7.15. The molecule has 1 fully saturated rings. The van der Waals surface area contributed by atoms with Crippen molar-refractivity contribution >= 4 is 12.2 Å². The average Bonchev–Trinajstić information content (AvgIpc) is 2.74. The van der Waals surface area contributed by atoms with Crippen molar-refractivity contribution in [3.63, 3.8) is 0 Å². The minimum atomic E-state index is -3.18. The lowest BCUT2D eigenvalue weighted by molar-refractivity contribution is -0.0732. The number of benzene rings is 2. The van der Waals surface area contributed by atoms with Crippen LogP contribution in [-0.2, 0) is 22.7 Å². The Hall–Kier alpha value is -3.16. The van der Waals surface area contributed by atoms with E-state index in [1.807, 2.05) is 12.1 Å². The van der Waals surface area contributed by atoms with E-state index in [-0.39, 0.29) is 26.1 Å². The van der Waals surface area contributed by atoms with E-state index >= 15 is 0 Å². The number of carbonyl (C=O) groups excluding carboxylic acids is 2. The molecule has 1 unspecified atom stereocenters. The number of amides is 2. The molecular weight excluding hydrogens is 394 g/mol. The maximum Gasteiger partial charge on any atom is 0.407 e. The lowest BCUT2D eigenvalue weighted by Crippen LogP contribution is -2.62. The molecule has 0 spiro atoms. The van der Waals surface area contributed by atoms with Crippen molar-refractivity contribution in [2.24, 2.45) is 0 Å². The molecule has 30 heavy (non-hydrogen) atoms. The van der Waals surface area contributed by atoms with Gasteiger partial charge in [-0.05, 0) is 24.0 Å². The number of rotatable bonds is 6. The smallest absolute Gasteiger partial charge is 0.407 e. The van der Waals surface area contributed by atoms with E-state index in [9.17, 15) is 18.4 Å². The quantitative estimate of drug-likeness (QED) is 0.729. The van der Waals surface area contributed by atoms with Crippen LogP contribution < -0.4 is 10.6 Å². The number of alkyl carbamates (subject to hydrolysis) is 2. The summed E-state index contributed by atoms with van der Waals surface area (Å²) in [6.07, 6.45) is -1.65. The highest BCUT2D eigenvalue weighted by molar-refractivity contribution is 5.69. The highest BCUT2D eigenvalue weighted by Crippen LogP contribution is 2.34. The Morgan fingerprint density at radius 2 is 1.37 bits per heavy atom. The summed E-state index contributed by atoms with van der Waals surface area (Å²) in [6, 6.07) is 15.4. The summed E-state index contributed by atoms with van der Waals surface area (Å²) in [5, 5.41) is 4.69. The molecule has 1 aliphatic rings. The summed E-state index contributed by atoms with van der Waals surface area (Å²) in [5.74, 6) is -3.18. The SMILES string of the molecule is O=C(NC1[C@H](NC(=O)OCc2ccccc2)CCCC1(F)F)OCc1ccccc1. The van der Waals surface area contributed by atoms with Gasteiger partial charge in [0.2, 0.25) is 0 Å². The number of hydrogen-bond donors (Lipinski definition) is 2. The molecule has 0 radical (unpaired) electrons. The van der Waals surface area contributed by atoms with E-state index in [1.54, 1.807) is 48.5 Å². The van der Waals surface area contributed by atoms with Crippen LogP contribution in [0.4, 0.5) is 18.4 Å². The van der Waals surface area contributed by atoms with Gasteiger partial charge in [0.25, 0.3) is 5.92 Å². The molecule has 2 amide bonds. The Bertz CT molecular complexity index is 834. The number of ether oxygens (including phenoxy) is 2. The fraction of sp³-hybridized carbons (Fsp3) is 0.364. The first-order valence-electron chi connectivity index (χ1n) is 9.76. The van der Waals surface area contributed by atoms with Gasteiger partial charge in [0.15, 0.2) is 0 Å². The predicted molar refractivity (Wildman–Crippen MR) is 106 cm³/mol. The van der Waals surface area contributed by atoms with E-state index < -0.39 is 30.2 Å². The van der Waals surface area contributed by atoms with Gasteiger partial charge in [-0.3, -0.25) is 0 Å². The van der Waals surface area contributed by atoms with Crippen molar-refractivity contribution in [1.29, 1.82) is 0 Å². The van der Waals surface area contributed by atoms with Gasteiger partial charge in [-0.15, -0.1) is 0 Å². The maximum absolute atomic E-state index is 14.5. The normalized spacial score (nSPS) is 20.1. The second-order valence-electron chi connectivity index (χ2n) is 7.15. The molecule has 2 aromatic carbocycles. The standard InChI is InChI=1S/C22H24F2N2O4/c23-22(24)13-7-12-18(25-20(27)29-14-16-8-3-1-4-9-16)19(22)26-21(28)30-15-17-10-5-2-6-11-17/h1-6,8-11,18-19H,7,12-15H2,(H,25,27)(H,26,28)/t18-,19?/m1/s1. The molecule has 6 nitrogen and oxygen atoms in total. The third-order valence-electron chi connectivity index (χ3n) is 4.88. The second kappa shape index (κ2) is 10.0. The molecule has 1 aliphatic carbocycles. The summed E-state index contributed by atoms with van der Waals surface area (Å²) < 4.78 is 39.1. The van der Waals surface area contributed by atoms with Crippen LogP contribution in [0.3, 0.4) is 0 Å². The largest absolute Gasteiger partial charge is 0.445 e. The molecule has 160 valence electrons. The van der Waals surface area contributed by atoms with Gasteiger partial charge < -0.3 is 20.1 Å². The Labute approximate surface area is 173 Å². The summed E-state index contributed by atoms with van der Waals surface area (Å²) in [4.78, 5) is 24.2. The van der Waals surface area contributed by atoms with Crippen molar-refractivity contribution in [3.05, 3.63) is 71.8 Å². The van der Waals surface area contributed by atoms with E-state index in [1.165, 1.54) is 0 Å². The Morgan fingerprint density at radius 3 is 1.90 bits per heavy atom. The molecule has 0 bridgehead atoms. The summed E-state index contributed by atoms with van der Waals surface area (Å²) in [7, 11) is 0. The average molecular weight is 418 g/mol. The number of halogens is 2. The summed E-state index contributed by atoms with van der Waals surface area (Å²) in [5.41, 5.74) is 1.52. The van der Waals surface area contributed by atoms with Gasteiger partial charge in [-0.25, -0.2) is 18.4 Å². The fourth-order valence-corrected chi connectivity index (χ4v) is 3.34. The van der Waals surface area contributed by atoms with Crippen LogP contribution in [0, 0.1) is 0 Å². The third-order valence-corrected chi connectivity index (χ3v) is 4.88. The van der Waals surface area contributed by atoms with Crippen molar-refractivity contribution in [2.45, 2.75) is 50.5 Å². The van der Waals surface area contributed by atoms with Crippen LogP contribution in [0.1, 0.15) is 30.4 Å². The predicted octanol–water partition coefficient (Wildman–Crippen LogP) is 4.40. The van der Waals surface area contributed by atoms with Crippen LogP contribution in [-0.4, -0.2) is 30.2 Å². The minimum Gasteiger partial charge on any atom is -0.445 e. The van der Waals surface area contributed by atoms with Crippen LogP contribution >= 0.6 is 0 Å². The molecule has 0 aliphatic heterocycles. The molecule has 8 heteroatoms. The maximum atomic E-state index is 14.5. The Balaban J connectivity index is 1.55. The van der Waals surface area contributed by atoms with Gasteiger partial charge in [-0.2, -0.15) is 0 Å². The summed E-state index contributed by atoms with van der Waals surface area (Å²) in [6.45, 7) is -0.0187. The van der Waals surface area contributed by atoms with Gasteiger partial charge in [0.05, 0.1) is 6.04 Å². The molecule has 0 saturated heterocycles. The van der Waals surface area contributed by atoms with Crippen molar-refractivity contribution in [3.8, 4) is 0 Å². The van der Waals surface area contributed by atoms with Crippen molar-refractivity contribution < 1.29 is 27.8 Å². The van der Waals surface area contributed by atoms with Crippen LogP contribution in [0.5, 0.6) is 0 Å². The van der Waals surface area contributed by atoms with E-state index in [0.29, 0.717) is 6.42 Å². The lowest BCUT2D eigenvalue weighted by atomic mass is 9.87. The molecular formula is C22H24F2N2O4. The Kier molecular flexibility index (Phi) is 7.21. The van der Waals surface area contributed by atoms with E-state index in [0.717, 1.165) is 11.1 Å². The molecule has 2 N–H and O–H groups in total. The zero-order chi connectivity index (χ0) is 21.4. The zero-order valence-corrected chi connectivity index (χ0v) is 16.4. The molecule has 1 saturated carbocycles. The first-order chi connectivity index (χ1) is 14.4. The number of hydrogen-bond acceptors (Lipinski definition) is 4. The monoisotopic (exact) mass is 418 g/mol. The van der Waals surface area contributed by atoms with Crippen molar-refractivity contribution in [2.75, 3.05) is 0 Å². The van der Waals surface area contributed by atoms with Crippen LogP contribution in [0.15, 0.2) is 60.7 Å². The lowest BCUT2D eigenvalue weighted by Gasteiger charge is -2.38. The highest BCUT2D eigenvalue weighted by atomic mass is 19.3. The van der Waals surface area contributed by atoms with Gasteiger partial charge >= 0.3 is 12.2 Å². The molecule has 0 aromatic heterocycles. The molecule has 2 aromatic rings. The van der Waals surface area contributed by atoms with Crippen molar-refractivity contribution in [1.82, 2.24) is 10.6 Å². The zero-order valence-electron chi connectivity index (χ0n) is 16.4. The summed E-state index contributed by atoms with van der Waals surface area (Å²) >= 11 is 0.